The van der Waals surface area contributed by atoms with Crippen molar-refractivity contribution in [2.24, 2.45) is 0 Å². The molecule has 2 rings (SSSR count). The number of hydrogen-bond acceptors (Lipinski definition) is 3. The molecule has 0 atom stereocenters. The molecule has 0 fully saturated rings. The second-order valence-electron chi connectivity index (χ2n) is 3.78. The van der Waals surface area contributed by atoms with Gasteiger partial charge in [-0.25, -0.2) is 4.98 Å². The fourth-order valence-electron chi connectivity index (χ4n) is 1.39. The van der Waals surface area contributed by atoms with Crippen LogP contribution in [-0.4, -0.2) is 16.0 Å². The second kappa shape index (κ2) is 6.65. The number of anilines is 1. The Labute approximate surface area is 131 Å². The van der Waals surface area contributed by atoms with Gasteiger partial charge in [-0.15, -0.1) is 0 Å². The third-order valence-corrected chi connectivity index (χ3v) is 3.00. The van der Waals surface area contributed by atoms with Crippen LogP contribution in [0, 0.1) is 0 Å². The average molecular weight is 326 g/mol. The fraction of sp³-hybridized carbons (Fsp3) is 0. The van der Waals surface area contributed by atoms with Crippen molar-refractivity contribution in [1.82, 2.24) is 10.3 Å². The molecule has 2 aromatic rings. The van der Waals surface area contributed by atoms with Crippen molar-refractivity contribution in [3.63, 3.8) is 0 Å². The van der Waals surface area contributed by atoms with E-state index in [1.165, 1.54) is 6.20 Å². The fourth-order valence-corrected chi connectivity index (χ4v) is 1.84. The minimum atomic E-state index is -0.318. The minimum absolute atomic E-state index is 0.175. The first kappa shape index (κ1) is 14.7. The van der Waals surface area contributed by atoms with Crippen LogP contribution in [0.25, 0.3) is 0 Å². The van der Waals surface area contributed by atoms with E-state index in [-0.39, 0.29) is 11.0 Å². The van der Waals surface area contributed by atoms with Gasteiger partial charge < -0.3 is 5.32 Å². The smallest absolute Gasteiger partial charge is 0.257 e. The number of hydrogen-bond donors (Lipinski definition) is 2. The zero-order valence-electron chi connectivity index (χ0n) is 10.1. The third kappa shape index (κ3) is 4.16. The monoisotopic (exact) mass is 325 g/mol. The molecule has 102 valence electrons. The molecule has 0 aliphatic carbocycles. The lowest BCUT2D eigenvalue weighted by molar-refractivity contribution is 0.0978. The van der Waals surface area contributed by atoms with Gasteiger partial charge in [0, 0.05) is 10.6 Å². The van der Waals surface area contributed by atoms with Crippen molar-refractivity contribution in [3.8, 4) is 0 Å². The van der Waals surface area contributed by atoms with E-state index in [1.807, 2.05) is 0 Å². The summed E-state index contributed by atoms with van der Waals surface area (Å²) in [7, 11) is 0. The molecule has 0 spiro atoms. The van der Waals surface area contributed by atoms with Crippen molar-refractivity contribution >= 4 is 52.1 Å². The van der Waals surface area contributed by atoms with E-state index in [0.717, 1.165) is 0 Å². The van der Waals surface area contributed by atoms with Gasteiger partial charge in [0.1, 0.15) is 5.15 Å². The SMILES string of the molecule is O=C(NC(=S)Nc1ccc(Cl)nc1)c1ccc(Cl)cc1. The van der Waals surface area contributed by atoms with Crippen molar-refractivity contribution in [2.45, 2.75) is 0 Å². The second-order valence-corrected chi connectivity index (χ2v) is 5.02. The molecule has 0 aliphatic rings. The van der Waals surface area contributed by atoms with Crippen molar-refractivity contribution < 1.29 is 4.79 Å². The number of carbonyl (C=O) groups is 1. The highest BCUT2D eigenvalue weighted by atomic mass is 35.5. The topological polar surface area (TPSA) is 54.0 Å². The van der Waals surface area contributed by atoms with Crippen LogP contribution in [0.4, 0.5) is 5.69 Å². The molecule has 20 heavy (non-hydrogen) atoms. The van der Waals surface area contributed by atoms with Crippen molar-refractivity contribution in [2.75, 3.05) is 5.32 Å². The van der Waals surface area contributed by atoms with E-state index in [9.17, 15) is 4.79 Å². The van der Waals surface area contributed by atoms with Gasteiger partial charge in [0.25, 0.3) is 5.91 Å². The van der Waals surface area contributed by atoms with E-state index in [0.29, 0.717) is 21.4 Å². The van der Waals surface area contributed by atoms with Crippen LogP contribution >= 0.6 is 35.4 Å². The number of carbonyl (C=O) groups excluding carboxylic acids is 1. The maximum absolute atomic E-state index is 11.9. The van der Waals surface area contributed by atoms with Crippen LogP contribution in [0.5, 0.6) is 0 Å². The Balaban J connectivity index is 1.95. The molecule has 0 radical (unpaired) electrons. The van der Waals surface area contributed by atoms with Gasteiger partial charge in [0.15, 0.2) is 5.11 Å². The number of thiocarbonyl (C=S) groups is 1. The van der Waals surface area contributed by atoms with Gasteiger partial charge in [0.05, 0.1) is 11.9 Å². The predicted octanol–water partition coefficient (Wildman–Crippen LogP) is 3.52. The summed E-state index contributed by atoms with van der Waals surface area (Å²) in [5.41, 5.74) is 1.10. The van der Waals surface area contributed by atoms with E-state index in [4.69, 9.17) is 35.4 Å². The molecule has 0 aliphatic heterocycles. The molecule has 2 N–H and O–H groups in total. The number of rotatable bonds is 2. The third-order valence-electron chi connectivity index (χ3n) is 2.32. The molecule has 4 nitrogen and oxygen atoms in total. The molecule has 0 saturated heterocycles. The summed E-state index contributed by atoms with van der Waals surface area (Å²) < 4.78 is 0. The zero-order chi connectivity index (χ0) is 14.5. The molecule has 0 saturated carbocycles. The quantitative estimate of drug-likeness (QED) is 0.655. The van der Waals surface area contributed by atoms with Gasteiger partial charge in [-0.1, -0.05) is 23.2 Å². The van der Waals surface area contributed by atoms with Gasteiger partial charge in [0.2, 0.25) is 0 Å². The lowest BCUT2D eigenvalue weighted by Crippen LogP contribution is -2.34. The normalized spacial score (nSPS) is 9.90. The van der Waals surface area contributed by atoms with Crippen LogP contribution in [-0.2, 0) is 0 Å². The summed E-state index contributed by atoms with van der Waals surface area (Å²) in [4.78, 5) is 15.8. The largest absolute Gasteiger partial charge is 0.331 e. The van der Waals surface area contributed by atoms with Crippen LogP contribution < -0.4 is 10.6 Å². The van der Waals surface area contributed by atoms with Crippen molar-refractivity contribution in [1.29, 1.82) is 0 Å². The van der Waals surface area contributed by atoms with Crippen molar-refractivity contribution in [3.05, 3.63) is 58.3 Å². The van der Waals surface area contributed by atoms with Crippen LogP contribution in [0.1, 0.15) is 10.4 Å². The number of pyridine rings is 1. The van der Waals surface area contributed by atoms with Crippen LogP contribution in [0.3, 0.4) is 0 Å². The highest BCUT2D eigenvalue weighted by Gasteiger charge is 2.07. The Morgan fingerprint density at radius 3 is 2.40 bits per heavy atom. The van der Waals surface area contributed by atoms with Gasteiger partial charge in [-0.3, -0.25) is 10.1 Å². The Bertz CT molecular complexity index is 629. The van der Waals surface area contributed by atoms with Gasteiger partial charge in [-0.05, 0) is 48.6 Å². The molecule has 0 bridgehead atoms. The molecular weight excluding hydrogens is 317 g/mol. The predicted molar refractivity (Wildman–Crippen MR) is 84.4 cm³/mol. The zero-order valence-corrected chi connectivity index (χ0v) is 12.4. The summed E-state index contributed by atoms with van der Waals surface area (Å²) in [6.45, 7) is 0. The molecular formula is C13H9Cl2N3OS. The average Bonchev–Trinajstić information content (AvgIpc) is 2.42. The molecule has 1 aromatic carbocycles. The molecule has 1 heterocycles. The first-order valence-corrected chi connectivity index (χ1v) is 6.70. The number of halogens is 2. The summed E-state index contributed by atoms with van der Waals surface area (Å²) >= 11 is 16.5. The number of benzene rings is 1. The summed E-state index contributed by atoms with van der Waals surface area (Å²) in [6, 6.07) is 9.82. The number of nitrogens with zero attached hydrogens (tertiary/aromatic N) is 1. The highest BCUT2D eigenvalue weighted by Crippen LogP contribution is 2.11. The first-order chi connectivity index (χ1) is 9.54. The van der Waals surface area contributed by atoms with Gasteiger partial charge in [-0.2, -0.15) is 0 Å². The molecule has 1 aromatic heterocycles. The Hall–Kier alpha value is -1.69. The summed E-state index contributed by atoms with van der Waals surface area (Å²) in [6.07, 6.45) is 1.52. The van der Waals surface area contributed by atoms with E-state index in [1.54, 1.807) is 36.4 Å². The Morgan fingerprint density at radius 1 is 1.10 bits per heavy atom. The Kier molecular flexibility index (Phi) is 4.89. The van der Waals surface area contributed by atoms with E-state index >= 15 is 0 Å². The Morgan fingerprint density at radius 2 is 1.80 bits per heavy atom. The molecule has 7 heteroatoms. The molecule has 1 amide bonds. The van der Waals surface area contributed by atoms with Crippen LogP contribution in [0.2, 0.25) is 10.2 Å². The van der Waals surface area contributed by atoms with Crippen LogP contribution in [0.15, 0.2) is 42.6 Å². The first-order valence-electron chi connectivity index (χ1n) is 5.54. The maximum atomic E-state index is 11.9. The summed E-state index contributed by atoms with van der Waals surface area (Å²) in [5.74, 6) is -0.318. The minimum Gasteiger partial charge on any atom is -0.331 e. The molecule has 0 unspecified atom stereocenters. The summed E-state index contributed by atoms with van der Waals surface area (Å²) in [5, 5.41) is 6.51. The standard InChI is InChI=1S/C13H9Cl2N3OS/c14-9-3-1-8(2-4-9)12(19)18-13(20)17-10-5-6-11(15)16-7-10/h1-7H,(H2,17,18,19,20). The number of nitrogens with one attached hydrogen (secondary N) is 2. The highest BCUT2D eigenvalue weighted by molar-refractivity contribution is 7.80. The lowest BCUT2D eigenvalue weighted by atomic mass is 10.2. The van der Waals surface area contributed by atoms with E-state index < -0.39 is 0 Å². The number of aromatic nitrogens is 1. The number of amides is 1. The van der Waals surface area contributed by atoms with Gasteiger partial charge >= 0.3 is 0 Å². The maximum Gasteiger partial charge on any atom is 0.257 e. The van der Waals surface area contributed by atoms with E-state index in [2.05, 4.69) is 15.6 Å². The lowest BCUT2D eigenvalue weighted by Gasteiger charge is -2.09.